The van der Waals surface area contributed by atoms with Crippen molar-refractivity contribution in [3.63, 3.8) is 0 Å². The summed E-state index contributed by atoms with van der Waals surface area (Å²) in [7, 11) is 2.05. The second kappa shape index (κ2) is 3.59. The van der Waals surface area contributed by atoms with Crippen molar-refractivity contribution in [1.29, 1.82) is 0 Å². The van der Waals surface area contributed by atoms with Crippen molar-refractivity contribution in [3.05, 3.63) is 21.7 Å². The van der Waals surface area contributed by atoms with Gasteiger partial charge in [-0.1, -0.05) is 0 Å². The molecule has 2 rings (SSSR count). The fourth-order valence-electron chi connectivity index (χ4n) is 1.89. The van der Waals surface area contributed by atoms with E-state index in [0.717, 1.165) is 25.2 Å². The summed E-state index contributed by atoms with van der Waals surface area (Å²) in [6.45, 7) is 4.59. The van der Waals surface area contributed by atoms with Crippen LogP contribution < -0.4 is 10.9 Å². The van der Waals surface area contributed by atoms with E-state index in [2.05, 4.69) is 22.4 Å². The zero-order chi connectivity index (χ0) is 10.1. The maximum absolute atomic E-state index is 11.4. The highest BCUT2D eigenvalue weighted by Crippen LogP contribution is 2.16. The summed E-state index contributed by atoms with van der Waals surface area (Å²) in [6, 6.07) is 0.0937. The van der Waals surface area contributed by atoms with Crippen LogP contribution in [0.3, 0.4) is 0 Å². The Bertz CT molecular complexity index is 368. The van der Waals surface area contributed by atoms with Gasteiger partial charge in [-0.25, -0.2) is 0 Å². The number of aromatic nitrogens is 1. The molecule has 0 aliphatic carbocycles. The number of aromatic amines is 1. The van der Waals surface area contributed by atoms with Crippen molar-refractivity contribution < 1.29 is 4.52 Å². The monoisotopic (exact) mass is 197 g/mol. The van der Waals surface area contributed by atoms with Crippen LogP contribution in [0.1, 0.15) is 17.4 Å². The van der Waals surface area contributed by atoms with E-state index < -0.39 is 0 Å². The number of hydrogen-bond donors (Lipinski definition) is 2. The molecule has 5 heteroatoms. The largest absolute Gasteiger partial charge is 0.383 e. The van der Waals surface area contributed by atoms with Crippen LogP contribution in [0.5, 0.6) is 0 Å². The van der Waals surface area contributed by atoms with Crippen LogP contribution in [0.15, 0.2) is 9.32 Å². The molecule has 0 spiro atoms. The number of hydrogen-bond acceptors (Lipinski definition) is 4. The number of nitrogens with zero attached hydrogens (tertiary/aromatic N) is 1. The Labute approximate surface area is 82.1 Å². The summed E-state index contributed by atoms with van der Waals surface area (Å²) in [5.74, 6) is 0.683. The molecule has 1 aromatic rings. The lowest BCUT2D eigenvalue weighted by atomic mass is 10.1. The fourth-order valence-corrected chi connectivity index (χ4v) is 1.89. The third-order valence-electron chi connectivity index (χ3n) is 2.65. The van der Waals surface area contributed by atoms with Gasteiger partial charge in [0.15, 0.2) is 0 Å². The number of rotatable bonds is 1. The van der Waals surface area contributed by atoms with Gasteiger partial charge in [0.1, 0.15) is 5.76 Å². The predicted molar refractivity (Wildman–Crippen MR) is 52.3 cm³/mol. The van der Waals surface area contributed by atoms with Crippen LogP contribution in [-0.2, 0) is 0 Å². The molecule has 5 nitrogen and oxygen atoms in total. The van der Waals surface area contributed by atoms with E-state index in [-0.39, 0.29) is 11.6 Å². The average Bonchev–Trinajstić information content (AvgIpc) is 2.46. The summed E-state index contributed by atoms with van der Waals surface area (Å²) in [5, 5.41) is 5.67. The van der Waals surface area contributed by atoms with Gasteiger partial charge in [0.25, 0.3) is 5.56 Å². The smallest absolute Gasteiger partial charge is 0.284 e. The molecule has 1 unspecified atom stereocenters. The van der Waals surface area contributed by atoms with Crippen LogP contribution in [0, 0.1) is 6.92 Å². The second-order valence-electron chi connectivity index (χ2n) is 3.77. The number of nitrogens with one attached hydrogen (secondary N) is 2. The minimum absolute atomic E-state index is 0.0937. The molecule has 1 saturated heterocycles. The van der Waals surface area contributed by atoms with E-state index in [4.69, 9.17) is 4.52 Å². The van der Waals surface area contributed by atoms with Gasteiger partial charge in [-0.3, -0.25) is 4.79 Å². The van der Waals surface area contributed by atoms with Gasteiger partial charge in [-0.05, 0) is 14.0 Å². The molecule has 1 aliphatic rings. The van der Waals surface area contributed by atoms with Crippen molar-refractivity contribution in [2.75, 3.05) is 26.7 Å². The average molecular weight is 197 g/mol. The first-order valence-corrected chi connectivity index (χ1v) is 4.78. The minimum Gasteiger partial charge on any atom is -0.383 e. The van der Waals surface area contributed by atoms with E-state index >= 15 is 0 Å². The van der Waals surface area contributed by atoms with E-state index in [1.54, 1.807) is 0 Å². The Balaban J connectivity index is 2.26. The second-order valence-corrected chi connectivity index (χ2v) is 3.77. The topological polar surface area (TPSA) is 61.3 Å². The van der Waals surface area contributed by atoms with Crippen molar-refractivity contribution in [2.24, 2.45) is 0 Å². The van der Waals surface area contributed by atoms with Crippen molar-refractivity contribution in [1.82, 2.24) is 15.4 Å². The molecule has 2 heterocycles. The number of H-pyrrole nitrogens is 1. The van der Waals surface area contributed by atoms with Crippen molar-refractivity contribution in [2.45, 2.75) is 13.0 Å². The van der Waals surface area contributed by atoms with Gasteiger partial charge in [0, 0.05) is 19.6 Å². The molecule has 1 aromatic heterocycles. The fraction of sp³-hybridized carbons (Fsp3) is 0.667. The summed E-state index contributed by atoms with van der Waals surface area (Å²) in [6.07, 6.45) is 0. The van der Waals surface area contributed by atoms with Gasteiger partial charge < -0.3 is 14.7 Å². The Morgan fingerprint density at radius 2 is 2.36 bits per heavy atom. The molecule has 2 N–H and O–H groups in total. The zero-order valence-corrected chi connectivity index (χ0v) is 8.46. The van der Waals surface area contributed by atoms with Crippen LogP contribution in [0.2, 0.25) is 0 Å². The molecule has 0 amide bonds. The lowest BCUT2D eigenvalue weighted by Gasteiger charge is -2.29. The normalized spacial score (nSPS) is 24.0. The minimum atomic E-state index is -0.115. The van der Waals surface area contributed by atoms with Crippen LogP contribution >= 0.6 is 0 Å². The quantitative estimate of drug-likeness (QED) is 0.657. The first-order chi connectivity index (χ1) is 6.68. The highest BCUT2D eigenvalue weighted by Gasteiger charge is 2.24. The first-order valence-electron chi connectivity index (χ1n) is 4.78. The van der Waals surface area contributed by atoms with Gasteiger partial charge in [0.2, 0.25) is 0 Å². The number of likely N-dealkylation sites (N-methyl/N-ethyl adjacent to an activating group) is 1. The van der Waals surface area contributed by atoms with Crippen LogP contribution in [0.25, 0.3) is 0 Å². The maximum atomic E-state index is 11.4. The van der Waals surface area contributed by atoms with E-state index in [9.17, 15) is 4.79 Å². The maximum Gasteiger partial charge on any atom is 0.284 e. The highest BCUT2D eigenvalue weighted by molar-refractivity contribution is 5.18. The van der Waals surface area contributed by atoms with E-state index in [1.165, 1.54) is 0 Å². The molecule has 0 saturated carbocycles. The molecule has 14 heavy (non-hydrogen) atoms. The van der Waals surface area contributed by atoms with Crippen LogP contribution in [0.4, 0.5) is 0 Å². The van der Waals surface area contributed by atoms with E-state index in [1.807, 2.05) is 6.92 Å². The standard InChI is InChI=1S/C9H15N3O2/c1-6-8(9(13)11-14-6)7-5-12(2)4-3-10-7/h7,10H,3-5H2,1-2H3,(H,11,13). The summed E-state index contributed by atoms with van der Waals surface area (Å²) >= 11 is 0. The Kier molecular flexibility index (Phi) is 2.43. The summed E-state index contributed by atoms with van der Waals surface area (Å²) in [4.78, 5) is 13.6. The number of piperazine rings is 1. The van der Waals surface area contributed by atoms with Crippen molar-refractivity contribution in [3.8, 4) is 0 Å². The Hall–Kier alpha value is -1.07. The molecular weight excluding hydrogens is 182 g/mol. The summed E-state index contributed by atoms with van der Waals surface area (Å²) < 4.78 is 4.99. The van der Waals surface area contributed by atoms with Gasteiger partial charge in [0.05, 0.1) is 11.6 Å². The molecule has 0 radical (unpaired) electrons. The highest BCUT2D eigenvalue weighted by atomic mass is 16.5. The Morgan fingerprint density at radius 1 is 1.57 bits per heavy atom. The molecule has 1 aliphatic heterocycles. The van der Waals surface area contributed by atoms with Gasteiger partial charge in [-0.2, -0.15) is 5.16 Å². The number of aryl methyl sites for hydroxylation is 1. The SMILES string of the molecule is Cc1o[nH]c(=O)c1C1CN(C)CCN1. The Morgan fingerprint density at radius 3 is 2.93 bits per heavy atom. The van der Waals surface area contributed by atoms with Gasteiger partial charge >= 0.3 is 0 Å². The van der Waals surface area contributed by atoms with Gasteiger partial charge in [-0.15, -0.1) is 0 Å². The molecule has 0 bridgehead atoms. The molecular formula is C9H15N3O2. The zero-order valence-electron chi connectivity index (χ0n) is 8.46. The lowest BCUT2D eigenvalue weighted by Crippen LogP contribution is -2.45. The molecule has 78 valence electrons. The van der Waals surface area contributed by atoms with Crippen LogP contribution in [-0.4, -0.2) is 36.7 Å². The first kappa shape index (κ1) is 9.48. The summed E-state index contributed by atoms with van der Waals surface area (Å²) in [5.41, 5.74) is 0.617. The third kappa shape index (κ3) is 1.60. The predicted octanol–water partition coefficient (Wildman–Crippen LogP) is -0.148. The van der Waals surface area contributed by atoms with E-state index in [0.29, 0.717) is 5.76 Å². The third-order valence-corrected chi connectivity index (χ3v) is 2.65. The molecule has 1 fully saturated rings. The molecule has 1 atom stereocenters. The lowest BCUT2D eigenvalue weighted by molar-refractivity contribution is 0.239. The van der Waals surface area contributed by atoms with Crippen molar-refractivity contribution >= 4 is 0 Å². The molecule has 0 aromatic carbocycles.